The Hall–Kier alpha value is -0.930. The fraction of sp³-hybridized carbons (Fsp3) is 0.600. The highest BCUT2D eigenvalue weighted by molar-refractivity contribution is 5.19. The van der Waals surface area contributed by atoms with E-state index in [-0.39, 0.29) is 11.9 Å². The molecule has 2 fully saturated rings. The Labute approximate surface area is 108 Å². The fourth-order valence-corrected chi connectivity index (χ4v) is 4.02. The molecule has 2 saturated carbocycles. The molecule has 0 heterocycles. The number of hydrazine groups is 1. The highest BCUT2D eigenvalue weighted by Crippen LogP contribution is 2.49. The quantitative estimate of drug-likeness (QED) is 0.635. The Bertz CT molecular complexity index is 421. The van der Waals surface area contributed by atoms with Crippen molar-refractivity contribution >= 4 is 0 Å². The number of benzene rings is 1. The summed E-state index contributed by atoms with van der Waals surface area (Å²) in [5.41, 5.74) is 3.72. The van der Waals surface area contributed by atoms with Gasteiger partial charge in [-0.3, -0.25) is 11.3 Å². The minimum Gasteiger partial charge on any atom is -0.271 e. The van der Waals surface area contributed by atoms with Gasteiger partial charge < -0.3 is 0 Å². The maximum atomic E-state index is 13.7. The van der Waals surface area contributed by atoms with Crippen LogP contribution in [-0.4, -0.2) is 6.04 Å². The normalized spacial score (nSPS) is 31.8. The molecule has 0 aromatic heterocycles. The molecule has 4 atom stereocenters. The molecule has 2 nitrogen and oxygen atoms in total. The Morgan fingerprint density at radius 2 is 2.11 bits per heavy atom. The molecule has 1 aromatic carbocycles. The summed E-state index contributed by atoms with van der Waals surface area (Å²) >= 11 is 0. The number of rotatable bonds is 4. The highest BCUT2D eigenvalue weighted by atomic mass is 19.1. The lowest BCUT2D eigenvalue weighted by atomic mass is 9.81. The minimum absolute atomic E-state index is 0.110. The van der Waals surface area contributed by atoms with E-state index in [9.17, 15) is 4.39 Å². The zero-order chi connectivity index (χ0) is 12.5. The van der Waals surface area contributed by atoms with Gasteiger partial charge in [0.2, 0.25) is 0 Å². The van der Waals surface area contributed by atoms with Crippen LogP contribution in [0, 0.1) is 23.6 Å². The molecular formula is C15H21FN2. The van der Waals surface area contributed by atoms with Gasteiger partial charge in [-0.15, -0.1) is 0 Å². The van der Waals surface area contributed by atoms with Gasteiger partial charge in [0.05, 0.1) is 0 Å². The van der Waals surface area contributed by atoms with Crippen LogP contribution in [0.4, 0.5) is 4.39 Å². The summed E-state index contributed by atoms with van der Waals surface area (Å²) in [6.45, 7) is 0. The second-order valence-corrected chi connectivity index (χ2v) is 5.91. The molecule has 0 amide bonds. The lowest BCUT2D eigenvalue weighted by Crippen LogP contribution is -2.44. The average molecular weight is 248 g/mol. The van der Waals surface area contributed by atoms with Crippen LogP contribution in [0.15, 0.2) is 24.3 Å². The Balaban J connectivity index is 1.72. The maximum absolute atomic E-state index is 13.7. The molecule has 0 radical (unpaired) electrons. The fourth-order valence-electron chi connectivity index (χ4n) is 4.02. The molecule has 98 valence electrons. The first kappa shape index (κ1) is 12.1. The number of hydrogen-bond acceptors (Lipinski definition) is 2. The molecule has 3 heteroatoms. The van der Waals surface area contributed by atoms with Crippen LogP contribution < -0.4 is 11.3 Å². The van der Waals surface area contributed by atoms with Crippen LogP contribution in [-0.2, 0) is 6.42 Å². The summed E-state index contributed by atoms with van der Waals surface area (Å²) in [6, 6.07) is 7.25. The largest absolute Gasteiger partial charge is 0.271 e. The molecule has 18 heavy (non-hydrogen) atoms. The van der Waals surface area contributed by atoms with E-state index in [4.69, 9.17) is 5.84 Å². The topological polar surface area (TPSA) is 38.0 Å². The van der Waals surface area contributed by atoms with Crippen LogP contribution in [0.25, 0.3) is 0 Å². The Kier molecular flexibility index (Phi) is 3.35. The highest BCUT2D eigenvalue weighted by Gasteiger charge is 2.42. The first-order valence-corrected chi connectivity index (χ1v) is 6.97. The number of nitrogens with one attached hydrogen (secondary N) is 1. The van der Waals surface area contributed by atoms with E-state index in [0.717, 1.165) is 17.4 Å². The van der Waals surface area contributed by atoms with Gasteiger partial charge in [0.1, 0.15) is 5.82 Å². The molecule has 0 spiro atoms. The third-order valence-electron chi connectivity index (χ3n) is 4.92. The molecule has 0 aliphatic heterocycles. The van der Waals surface area contributed by atoms with Gasteiger partial charge in [0, 0.05) is 6.04 Å². The van der Waals surface area contributed by atoms with Gasteiger partial charge >= 0.3 is 0 Å². The molecule has 0 saturated heterocycles. The van der Waals surface area contributed by atoms with Gasteiger partial charge in [-0.1, -0.05) is 24.6 Å². The van der Waals surface area contributed by atoms with Crippen molar-refractivity contribution in [1.82, 2.24) is 5.43 Å². The van der Waals surface area contributed by atoms with E-state index >= 15 is 0 Å². The van der Waals surface area contributed by atoms with Gasteiger partial charge in [-0.05, 0) is 55.1 Å². The van der Waals surface area contributed by atoms with Crippen molar-refractivity contribution < 1.29 is 4.39 Å². The van der Waals surface area contributed by atoms with Crippen LogP contribution in [0.3, 0.4) is 0 Å². The molecule has 2 aliphatic rings. The smallest absolute Gasteiger partial charge is 0.126 e. The van der Waals surface area contributed by atoms with Crippen molar-refractivity contribution in [3.8, 4) is 0 Å². The zero-order valence-corrected chi connectivity index (χ0v) is 10.6. The molecule has 1 aromatic rings. The van der Waals surface area contributed by atoms with Gasteiger partial charge in [0.25, 0.3) is 0 Å². The molecule has 4 unspecified atom stereocenters. The predicted molar refractivity (Wildman–Crippen MR) is 70.2 cm³/mol. The number of halogens is 1. The van der Waals surface area contributed by atoms with Crippen molar-refractivity contribution in [2.75, 3.05) is 0 Å². The van der Waals surface area contributed by atoms with E-state index < -0.39 is 0 Å². The standard InChI is InChI=1S/C15H21FN2/c16-14-4-2-1-3-12(14)9-15(18-17)13-8-10-5-6-11(13)7-10/h1-4,10-11,13,15,18H,5-9,17H2. The van der Waals surface area contributed by atoms with Crippen LogP contribution >= 0.6 is 0 Å². The average Bonchev–Trinajstić information content (AvgIpc) is 3.00. The zero-order valence-electron chi connectivity index (χ0n) is 10.6. The second-order valence-electron chi connectivity index (χ2n) is 5.91. The third-order valence-corrected chi connectivity index (χ3v) is 4.92. The molecule has 3 N–H and O–H groups in total. The van der Waals surface area contributed by atoms with Crippen molar-refractivity contribution in [2.45, 2.75) is 38.1 Å². The number of fused-ring (bicyclic) bond motifs is 2. The van der Waals surface area contributed by atoms with Crippen molar-refractivity contribution in [3.05, 3.63) is 35.6 Å². The van der Waals surface area contributed by atoms with Gasteiger partial charge in [0.15, 0.2) is 0 Å². The Morgan fingerprint density at radius 3 is 2.72 bits per heavy atom. The first-order valence-electron chi connectivity index (χ1n) is 6.97. The molecular weight excluding hydrogens is 227 g/mol. The van der Waals surface area contributed by atoms with Crippen molar-refractivity contribution in [3.63, 3.8) is 0 Å². The monoisotopic (exact) mass is 248 g/mol. The lowest BCUT2D eigenvalue weighted by molar-refractivity contribution is 0.247. The van der Waals surface area contributed by atoms with E-state index in [1.807, 2.05) is 12.1 Å². The van der Waals surface area contributed by atoms with Crippen LogP contribution in [0.5, 0.6) is 0 Å². The minimum atomic E-state index is -0.110. The third kappa shape index (κ3) is 2.17. The Morgan fingerprint density at radius 1 is 1.28 bits per heavy atom. The van der Waals surface area contributed by atoms with E-state index in [0.29, 0.717) is 12.3 Å². The van der Waals surface area contributed by atoms with Crippen molar-refractivity contribution in [2.24, 2.45) is 23.6 Å². The predicted octanol–water partition coefficient (Wildman–Crippen LogP) is 2.64. The lowest BCUT2D eigenvalue weighted by Gasteiger charge is -2.30. The SMILES string of the molecule is NNC(Cc1ccccc1F)C1CC2CCC1C2. The molecule has 2 aliphatic carbocycles. The van der Waals surface area contributed by atoms with Crippen LogP contribution in [0.1, 0.15) is 31.2 Å². The molecule has 3 rings (SSSR count). The summed E-state index contributed by atoms with van der Waals surface area (Å²) in [7, 11) is 0. The summed E-state index contributed by atoms with van der Waals surface area (Å²) < 4.78 is 13.7. The second kappa shape index (κ2) is 4.98. The number of nitrogens with two attached hydrogens (primary N) is 1. The van der Waals surface area contributed by atoms with Crippen molar-refractivity contribution in [1.29, 1.82) is 0 Å². The summed E-state index contributed by atoms with van der Waals surface area (Å²) in [6.07, 6.45) is 6.06. The van der Waals surface area contributed by atoms with Gasteiger partial charge in [-0.25, -0.2) is 4.39 Å². The molecule has 2 bridgehead atoms. The van der Waals surface area contributed by atoms with Gasteiger partial charge in [-0.2, -0.15) is 0 Å². The van der Waals surface area contributed by atoms with E-state index in [1.165, 1.54) is 31.7 Å². The summed E-state index contributed by atoms with van der Waals surface area (Å²) in [5.74, 6) is 7.94. The summed E-state index contributed by atoms with van der Waals surface area (Å²) in [4.78, 5) is 0. The maximum Gasteiger partial charge on any atom is 0.126 e. The summed E-state index contributed by atoms with van der Waals surface area (Å²) in [5, 5.41) is 0. The number of hydrogen-bond donors (Lipinski definition) is 2. The van der Waals surface area contributed by atoms with E-state index in [1.54, 1.807) is 6.07 Å². The first-order chi connectivity index (χ1) is 8.78. The van der Waals surface area contributed by atoms with E-state index in [2.05, 4.69) is 5.43 Å². The van der Waals surface area contributed by atoms with Crippen LogP contribution in [0.2, 0.25) is 0 Å².